The first-order valence-corrected chi connectivity index (χ1v) is 11.1. The van der Waals surface area contributed by atoms with Crippen LogP contribution in [-0.2, 0) is 10.0 Å². The number of fused-ring (bicyclic) bond motifs is 1. The smallest absolute Gasteiger partial charge is 0.308 e. The van der Waals surface area contributed by atoms with Gasteiger partial charge in [0, 0.05) is 11.4 Å². The predicted octanol–water partition coefficient (Wildman–Crippen LogP) is 4.44. The maximum atomic E-state index is 13.0. The Bertz CT molecular complexity index is 1320. The zero-order valence-corrected chi connectivity index (χ0v) is 17.4. The highest BCUT2D eigenvalue weighted by Crippen LogP contribution is 2.27. The van der Waals surface area contributed by atoms with Crippen LogP contribution < -0.4 is 15.4 Å². The highest BCUT2D eigenvalue weighted by atomic mass is 32.2. The van der Waals surface area contributed by atoms with Gasteiger partial charge in [0.15, 0.2) is 0 Å². The lowest BCUT2D eigenvalue weighted by molar-refractivity contribution is 0.262. The molecule has 2 amide bonds. The van der Waals surface area contributed by atoms with E-state index < -0.39 is 16.1 Å². The number of nitrogens with one attached hydrogen (secondary N) is 3. The number of para-hydroxylation sites is 1. The van der Waals surface area contributed by atoms with E-state index in [4.69, 9.17) is 0 Å². The van der Waals surface area contributed by atoms with Crippen molar-refractivity contribution in [1.82, 2.24) is 8.75 Å². The molecule has 0 aliphatic rings. The van der Waals surface area contributed by atoms with Gasteiger partial charge in [0.2, 0.25) is 0 Å². The molecule has 0 atom stereocenters. The molecule has 30 heavy (non-hydrogen) atoms. The minimum atomic E-state index is -3.90. The largest absolute Gasteiger partial charge is 0.323 e. The second-order valence-corrected chi connectivity index (χ2v) is 8.65. The Morgan fingerprint density at radius 2 is 1.67 bits per heavy atom. The molecule has 1 aromatic heterocycles. The Hall–Kier alpha value is -3.50. The van der Waals surface area contributed by atoms with Crippen LogP contribution in [0.5, 0.6) is 0 Å². The topological polar surface area (TPSA) is 113 Å². The zero-order valence-electron chi connectivity index (χ0n) is 15.8. The highest BCUT2D eigenvalue weighted by molar-refractivity contribution is 7.93. The number of sulfonamides is 1. The minimum Gasteiger partial charge on any atom is -0.308 e. The Balaban J connectivity index is 1.56. The van der Waals surface area contributed by atoms with Gasteiger partial charge in [0.05, 0.1) is 17.4 Å². The molecule has 0 unspecified atom stereocenters. The van der Waals surface area contributed by atoms with Crippen molar-refractivity contribution in [3.05, 3.63) is 72.3 Å². The van der Waals surface area contributed by atoms with Crippen LogP contribution in [0.4, 0.5) is 21.9 Å². The van der Waals surface area contributed by atoms with Crippen molar-refractivity contribution in [2.24, 2.45) is 0 Å². The number of aromatic nitrogens is 2. The maximum Gasteiger partial charge on any atom is 0.323 e. The van der Waals surface area contributed by atoms with E-state index in [0.717, 1.165) is 11.7 Å². The summed E-state index contributed by atoms with van der Waals surface area (Å²) >= 11 is 0.956. The summed E-state index contributed by atoms with van der Waals surface area (Å²) in [5.74, 6) is 0. The minimum absolute atomic E-state index is 0.0494. The first-order valence-electron chi connectivity index (χ1n) is 8.90. The summed E-state index contributed by atoms with van der Waals surface area (Å²) in [5.41, 5.74) is 2.99. The van der Waals surface area contributed by atoms with E-state index in [2.05, 4.69) is 24.1 Å². The third-order valence-electron chi connectivity index (χ3n) is 4.31. The predicted molar refractivity (Wildman–Crippen MR) is 118 cm³/mol. The molecule has 0 bridgehead atoms. The molecular weight excluding hydrogens is 422 g/mol. The molecule has 8 nitrogen and oxygen atoms in total. The highest BCUT2D eigenvalue weighted by Gasteiger charge is 2.20. The Labute approximate surface area is 177 Å². The second kappa shape index (κ2) is 8.09. The quantitative estimate of drug-likeness (QED) is 0.425. The fourth-order valence-corrected chi connectivity index (χ4v) is 4.71. The molecular formula is C20H17N5O3S2. The molecule has 0 aliphatic heterocycles. The van der Waals surface area contributed by atoms with Crippen molar-refractivity contribution in [2.75, 3.05) is 15.4 Å². The molecule has 4 aromatic rings. The van der Waals surface area contributed by atoms with Gasteiger partial charge in [-0.1, -0.05) is 30.3 Å². The summed E-state index contributed by atoms with van der Waals surface area (Å²) in [6.07, 6.45) is 0. The number of rotatable bonds is 5. The van der Waals surface area contributed by atoms with Crippen LogP contribution in [0, 0.1) is 6.92 Å². The van der Waals surface area contributed by atoms with E-state index in [0.29, 0.717) is 33.7 Å². The fourth-order valence-electron chi connectivity index (χ4n) is 2.82. The third kappa shape index (κ3) is 4.24. The second-order valence-electron chi connectivity index (χ2n) is 6.47. The van der Waals surface area contributed by atoms with E-state index in [1.54, 1.807) is 49.4 Å². The van der Waals surface area contributed by atoms with Gasteiger partial charge in [-0.2, -0.15) is 8.75 Å². The lowest BCUT2D eigenvalue weighted by atomic mass is 10.2. The first-order chi connectivity index (χ1) is 14.4. The Morgan fingerprint density at radius 3 is 2.47 bits per heavy atom. The lowest BCUT2D eigenvalue weighted by Gasteiger charge is -2.13. The molecule has 3 aromatic carbocycles. The van der Waals surface area contributed by atoms with Gasteiger partial charge in [-0.3, -0.25) is 4.72 Å². The SMILES string of the molecule is Cc1ccc(NC(=O)Nc2ccccc2)cc1NS(=O)(=O)c1cccc2nsnc12. The van der Waals surface area contributed by atoms with Crippen molar-refractivity contribution >= 4 is 55.9 Å². The van der Waals surface area contributed by atoms with Crippen molar-refractivity contribution in [3.8, 4) is 0 Å². The molecule has 0 spiro atoms. The molecule has 152 valence electrons. The number of hydrogen-bond donors (Lipinski definition) is 3. The van der Waals surface area contributed by atoms with Crippen LogP contribution in [0.15, 0.2) is 71.6 Å². The molecule has 4 rings (SSSR count). The van der Waals surface area contributed by atoms with Crippen LogP contribution in [0.3, 0.4) is 0 Å². The van der Waals surface area contributed by atoms with Crippen LogP contribution in [0.2, 0.25) is 0 Å². The van der Waals surface area contributed by atoms with Crippen molar-refractivity contribution in [2.45, 2.75) is 11.8 Å². The number of urea groups is 1. The average Bonchev–Trinajstić information content (AvgIpc) is 3.20. The van der Waals surface area contributed by atoms with Gasteiger partial charge in [-0.05, 0) is 48.9 Å². The summed E-state index contributed by atoms with van der Waals surface area (Å²) < 4.78 is 36.7. The van der Waals surface area contributed by atoms with Crippen molar-refractivity contribution < 1.29 is 13.2 Å². The standard InChI is InChI=1S/C20H17N5O3S2/c1-13-10-11-15(22-20(26)21-14-6-3-2-4-7-14)12-17(13)25-30(27,28)18-9-5-8-16-19(18)24-29-23-16/h2-12,25H,1H3,(H2,21,22,26). The number of nitrogens with zero attached hydrogens (tertiary/aromatic N) is 2. The molecule has 0 radical (unpaired) electrons. The molecule has 0 saturated carbocycles. The summed E-state index contributed by atoms with van der Waals surface area (Å²) in [6, 6.07) is 18.4. The molecule has 0 aliphatic carbocycles. The van der Waals surface area contributed by atoms with Crippen LogP contribution >= 0.6 is 11.7 Å². The number of benzene rings is 3. The van der Waals surface area contributed by atoms with Gasteiger partial charge in [-0.15, -0.1) is 0 Å². The van der Waals surface area contributed by atoms with Gasteiger partial charge in [0.1, 0.15) is 15.9 Å². The first kappa shape index (κ1) is 19.8. The van der Waals surface area contributed by atoms with E-state index >= 15 is 0 Å². The third-order valence-corrected chi connectivity index (χ3v) is 6.25. The fraction of sp³-hybridized carbons (Fsp3) is 0.0500. The normalized spacial score (nSPS) is 11.2. The zero-order chi connectivity index (χ0) is 21.1. The van der Waals surface area contributed by atoms with Crippen molar-refractivity contribution in [1.29, 1.82) is 0 Å². The number of hydrogen-bond acceptors (Lipinski definition) is 6. The summed E-state index contributed by atoms with van der Waals surface area (Å²) in [5, 5.41) is 5.42. The number of anilines is 3. The maximum absolute atomic E-state index is 13.0. The summed E-state index contributed by atoms with van der Waals surface area (Å²) in [6.45, 7) is 1.77. The van der Waals surface area contributed by atoms with E-state index in [1.165, 1.54) is 6.07 Å². The van der Waals surface area contributed by atoms with E-state index in [-0.39, 0.29) is 4.90 Å². The van der Waals surface area contributed by atoms with E-state index in [1.807, 2.05) is 18.2 Å². The van der Waals surface area contributed by atoms with Gasteiger partial charge < -0.3 is 10.6 Å². The monoisotopic (exact) mass is 439 g/mol. The average molecular weight is 440 g/mol. The lowest BCUT2D eigenvalue weighted by Crippen LogP contribution is -2.20. The summed E-state index contributed by atoms with van der Waals surface area (Å²) in [7, 11) is -3.90. The van der Waals surface area contributed by atoms with E-state index in [9.17, 15) is 13.2 Å². The molecule has 3 N–H and O–H groups in total. The number of carbonyl (C=O) groups excluding carboxylic acids is 1. The molecule has 0 fully saturated rings. The van der Waals surface area contributed by atoms with Crippen LogP contribution in [-0.4, -0.2) is 23.2 Å². The summed E-state index contributed by atoms with van der Waals surface area (Å²) in [4.78, 5) is 12.3. The molecule has 1 heterocycles. The molecule has 10 heteroatoms. The van der Waals surface area contributed by atoms with Gasteiger partial charge in [-0.25, -0.2) is 13.2 Å². The number of carbonyl (C=O) groups is 1. The Kier molecular flexibility index (Phi) is 5.34. The Morgan fingerprint density at radius 1 is 0.900 bits per heavy atom. The number of amides is 2. The number of aryl methyl sites for hydroxylation is 1. The van der Waals surface area contributed by atoms with Crippen LogP contribution in [0.1, 0.15) is 5.56 Å². The van der Waals surface area contributed by atoms with Crippen molar-refractivity contribution in [3.63, 3.8) is 0 Å². The molecule has 0 saturated heterocycles. The van der Waals surface area contributed by atoms with Crippen LogP contribution in [0.25, 0.3) is 11.0 Å². The van der Waals surface area contributed by atoms with Gasteiger partial charge >= 0.3 is 6.03 Å². The van der Waals surface area contributed by atoms with Gasteiger partial charge in [0.25, 0.3) is 10.0 Å².